The van der Waals surface area contributed by atoms with Crippen LogP contribution in [0.1, 0.15) is 26.3 Å². The highest BCUT2D eigenvalue weighted by Gasteiger charge is 2.18. The van der Waals surface area contributed by atoms with Crippen LogP contribution in [0.2, 0.25) is 5.15 Å². The van der Waals surface area contributed by atoms with Crippen molar-refractivity contribution in [3.8, 4) is 11.6 Å². The van der Waals surface area contributed by atoms with Gasteiger partial charge in [0.25, 0.3) is 0 Å². The van der Waals surface area contributed by atoms with Crippen molar-refractivity contribution < 1.29 is 4.74 Å². The Morgan fingerprint density at radius 3 is 2.39 bits per heavy atom. The first-order chi connectivity index (χ1) is 8.47. The molecule has 0 saturated carbocycles. The summed E-state index contributed by atoms with van der Waals surface area (Å²) in [6.45, 7) is 6.46. The van der Waals surface area contributed by atoms with Crippen molar-refractivity contribution in [1.82, 2.24) is 4.98 Å². The molecule has 2 rings (SSSR count). The summed E-state index contributed by atoms with van der Waals surface area (Å²) in [5.41, 5.74) is 1.17. The molecule has 0 aliphatic rings. The molecule has 1 heterocycles. The van der Waals surface area contributed by atoms with Crippen LogP contribution in [0.3, 0.4) is 0 Å². The molecule has 0 fully saturated rings. The fourth-order valence-electron chi connectivity index (χ4n) is 1.73. The smallest absolute Gasteiger partial charge is 0.220 e. The maximum absolute atomic E-state index is 5.85. The van der Waals surface area contributed by atoms with E-state index in [9.17, 15) is 0 Å². The zero-order chi connectivity index (χ0) is 13.2. The van der Waals surface area contributed by atoms with Crippen LogP contribution in [-0.2, 0) is 5.41 Å². The van der Waals surface area contributed by atoms with E-state index in [2.05, 4.69) is 31.8 Å². The quantitative estimate of drug-likeness (QED) is 0.723. The number of aromatic nitrogens is 1. The van der Waals surface area contributed by atoms with Gasteiger partial charge in [-0.25, -0.2) is 4.98 Å². The third kappa shape index (κ3) is 3.02. The summed E-state index contributed by atoms with van der Waals surface area (Å²) in [5, 5.41) is 0.431. The number of nitrogens with zero attached hydrogens (tertiary/aromatic N) is 1. The van der Waals surface area contributed by atoms with Gasteiger partial charge < -0.3 is 4.74 Å². The first-order valence-electron chi connectivity index (χ1n) is 5.87. The zero-order valence-electron chi connectivity index (χ0n) is 10.8. The second kappa shape index (κ2) is 4.99. The minimum atomic E-state index is 0.0230. The molecule has 0 atom stereocenters. The Bertz CT molecular complexity index is 546. The molecule has 1 aromatic heterocycles. The topological polar surface area (TPSA) is 22.1 Å². The molecule has 1 aromatic carbocycles. The number of benzene rings is 1. The first kappa shape index (κ1) is 12.9. The second-order valence-corrected chi connectivity index (χ2v) is 5.53. The lowest BCUT2D eigenvalue weighted by Gasteiger charge is -2.22. The van der Waals surface area contributed by atoms with Gasteiger partial charge in [0.05, 0.1) is 0 Å². The Balaban J connectivity index is 2.35. The first-order valence-corrected chi connectivity index (χ1v) is 6.24. The summed E-state index contributed by atoms with van der Waals surface area (Å²) >= 11 is 5.85. The normalized spacial score (nSPS) is 11.3. The summed E-state index contributed by atoms with van der Waals surface area (Å²) in [4.78, 5) is 4.13. The van der Waals surface area contributed by atoms with E-state index in [-0.39, 0.29) is 5.41 Å². The standard InChI is InChI=1S/C15H16ClNO/c1-15(2,3)11-7-4-5-8-12(11)18-14-10-6-9-13(16)17-14/h4-10H,1-3H3. The predicted molar refractivity (Wildman–Crippen MR) is 74.5 cm³/mol. The van der Waals surface area contributed by atoms with Gasteiger partial charge >= 0.3 is 0 Å². The van der Waals surface area contributed by atoms with E-state index in [1.165, 1.54) is 0 Å². The fourth-order valence-corrected chi connectivity index (χ4v) is 1.89. The Morgan fingerprint density at radius 2 is 1.72 bits per heavy atom. The van der Waals surface area contributed by atoms with Gasteiger partial charge in [-0.05, 0) is 17.5 Å². The van der Waals surface area contributed by atoms with Crippen LogP contribution < -0.4 is 4.74 Å². The van der Waals surface area contributed by atoms with Gasteiger partial charge in [0.2, 0.25) is 5.88 Å². The molecule has 0 amide bonds. The van der Waals surface area contributed by atoms with Crippen LogP contribution in [0.15, 0.2) is 42.5 Å². The van der Waals surface area contributed by atoms with E-state index in [0.717, 1.165) is 11.3 Å². The van der Waals surface area contributed by atoms with Crippen molar-refractivity contribution in [2.45, 2.75) is 26.2 Å². The maximum Gasteiger partial charge on any atom is 0.220 e. The summed E-state index contributed by atoms with van der Waals surface area (Å²) < 4.78 is 5.82. The third-order valence-corrected chi connectivity index (χ3v) is 2.81. The number of ether oxygens (including phenoxy) is 1. The fraction of sp³-hybridized carbons (Fsp3) is 0.267. The Kier molecular flexibility index (Phi) is 3.58. The molecule has 2 nitrogen and oxygen atoms in total. The molecular weight excluding hydrogens is 246 g/mol. The minimum Gasteiger partial charge on any atom is -0.439 e. The lowest BCUT2D eigenvalue weighted by atomic mass is 9.86. The molecule has 3 heteroatoms. The Hall–Kier alpha value is -1.54. The van der Waals surface area contributed by atoms with Gasteiger partial charge in [0.15, 0.2) is 0 Å². The van der Waals surface area contributed by atoms with E-state index < -0.39 is 0 Å². The van der Waals surface area contributed by atoms with Gasteiger partial charge in [-0.2, -0.15) is 0 Å². The number of halogens is 1. The second-order valence-electron chi connectivity index (χ2n) is 5.15. The van der Waals surface area contributed by atoms with Crippen molar-refractivity contribution in [1.29, 1.82) is 0 Å². The lowest BCUT2D eigenvalue weighted by Crippen LogP contribution is -2.12. The predicted octanol–water partition coefficient (Wildman–Crippen LogP) is 4.82. The molecule has 0 N–H and O–H groups in total. The SMILES string of the molecule is CC(C)(C)c1ccccc1Oc1cccc(Cl)n1. The number of pyridine rings is 1. The highest BCUT2D eigenvalue weighted by atomic mass is 35.5. The van der Waals surface area contributed by atoms with Crippen molar-refractivity contribution in [3.63, 3.8) is 0 Å². The summed E-state index contributed by atoms with van der Waals surface area (Å²) in [5.74, 6) is 1.33. The molecule has 94 valence electrons. The molecular formula is C15H16ClNO. The van der Waals surface area contributed by atoms with Gasteiger partial charge in [-0.15, -0.1) is 0 Å². The molecule has 0 radical (unpaired) electrons. The number of para-hydroxylation sites is 1. The van der Waals surface area contributed by atoms with Crippen LogP contribution in [0.25, 0.3) is 0 Å². The summed E-state index contributed by atoms with van der Waals surface area (Å²) in [7, 11) is 0. The van der Waals surface area contributed by atoms with Gasteiger partial charge in [0, 0.05) is 11.6 Å². The Labute approximate surface area is 113 Å². The average Bonchev–Trinajstić information content (AvgIpc) is 2.28. The molecule has 0 aliphatic heterocycles. The largest absolute Gasteiger partial charge is 0.439 e. The van der Waals surface area contributed by atoms with E-state index in [1.54, 1.807) is 12.1 Å². The van der Waals surface area contributed by atoms with Gasteiger partial charge in [-0.1, -0.05) is 56.6 Å². The molecule has 0 aliphatic carbocycles. The van der Waals surface area contributed by atoms with E-state index in [4.69, 9.17) is 16.3 Å². The van der Waals surface area contributed by atoms with Crippen molar-refractivity contribution in [2.75, 3.05) is 0 Å². The monoisotopic (exact) mass is 261 g/mol. The third-order valence-electron chi connectivity index (χ3n) is 2.60. The average molecular weight is 262 g/mol. The van der Waals surface area contributed by atoms with Crippen molar-refractivity contribution in [2.24, 2.45) is 0 Å². The number of hydrogen-bond acceptors (Lipinski definition) is 2. The van der Waals surface area contributed by atoms with Crippen molar-refractivity contribution in [3.05, 3.63) is 53.2 Å². The molecule has 2 aromatic rings. The van der Waals surface area contributed by atoms with Crippen LogP contribution in [0.5, 0.6) is 11.6 Å². The number of rotatable bonds is 2. The van der Waals surface area contributed by atoms with E-state index in [0.29, 0.717) is 11.0 Å². The molecule has 0 unspecified atom stereocenters. The minimum absolute atomic E-state index is 0.0230. The highest BCUT2D eigenvalue weighted by molar-refractivity contribution is 6.29. The zero-order valence-corrected chi connectivity index (χ0v) is 11.5. The summed E-state index contributed by atoms with van der Waals surface area (Å²) in [6, 6.07) is 13.3. The summed E-state index contributed by atoms with van der Waals surface area (Å²) in [6.07, 6.45) is 0. The van der Waals surface area contributed by atoms with Crippen LogP contribution in [0, 0.1) is 0 Å². The molecule has 0 spiro atoms. The van der Waals surface area contributed by atoms with Gasteiger partial charge in [-0.3, -0.25) is 0 Å². The Morgan fingerprint density at radius 1 is 1.00 bits per heavy atom. The van der Waals surface area contributed by atoms with Crippen molar-refractivity contribution >= 4 is 11.6 Å². The number of hydrogen-bond donors (Lipinski definition) is 0. The van der Waals surface area contributed by atoms with Gasteiger partial charge in [0.1, 0.15) is 10.9 Å². The van der Waals surface area contributed by atoms with Crippen LogP contribution in [0.4, 0.5) is 0 Å². The van der Waals surface area contributed by atoms with E-state index in [1.807, 2.05) is 24.3 Å². The maximum atomic E-state index is 5.85. The van der Waals surface area contributed by atoms with Crippen LogP contribution >= 0.6 is 11.6 Å². The van der Waals surface area contributed by atoms with E-state index >= 15 is 0 Å². The van der Waals surface area contributed by atoms with Crippen LogP contribution in [-0.4, -0.2) is 4.98 Å². The highest BCUT2D eigenvalue weighted by Crippen LogP contribution is 2.33. The molecule has 18 heavy (non-hydrogen) atoms. The molecule has 0 bridgehead atoms. The molecule has 0 saturated heterocycles. The lowest BCUT2D eigenvalue weighted by molar-refractivity contribution is 0.440.